The number of aliphatic hydroxyl groups excluding tert-OH is 1. The predicted molar refractivity (Wildman–Crippen MR) is 75.2 cm³/mol. The second kappa shape index (κ2) is 6.13. The number of likely N-dealkylation sites (tertiary alicyclic amines) is 1. The molecule has 1 aliphatic heterocycles. The second-order valence-corrected chi connectivity index (χ2v) is 5.12. The molecule has 0 aliphatic carbocycles. The van der Waals surface area contributed by atoms with E-state index < -0.39 is 6.10 Å². The third-order valence-corrected chi connectivity index (χ3v) is 3.85. The van der Waals surface area contributed by atoms with Crippen LogP contribution in [0, 0.1) is 5.92 Å². The van der Waals surface area contributed by atoms with Crippen molar-refractivity contribution in [2.24, 2.45) is 5.92 Å². The van der Waals surface area contributed by atoms with Crippen LogP contribution in [0.4, 0.5) is 0 Å². The molecule has 2 rings (SSSR count). The summed E-state index contributed by atoms with van der Waals surface area (Å²) < 4.78 is 10.5. The molecule has 1 amide bonds. The van der Waals surface area contributed by atoms with Crippen molar-refractivity contribution in [3.63, 3.8) is 0 Å². The molecule has 110 valence electrons. The summed E-state index contributed by atoms with van der Waals surface area (Å²) in [5.41, 5.74) is 0.416. The molecule has 0 bridgehead atoms. The molecule has 20 heavy (non-hydrogen) atoms. The van der Waals surface area contributed by atoms with E-state index in [1.54, 1.807) is 23.1 Å². The predicted octanol–water partition coefficient (Wildman–Crippen LogP) is 1.55. The Balaban J connectivity index is 2.29. The van der Waals surface area contributed by atoms with Gasteiger partial charge in [0.15, 0.2) is 0 Å². The van der Waals surface area contributed by atoms with Crippen molar-refractivity contribution in [3.05, 3.63) is 23.8 Å². The largest absolute Gasteiger partial charge is 0.496 e. The van der Waals surface area contributed by atoms with Gasteiger partial charge in [-0.25, -0.2) is 0 Å². The number of methoxy groups -OCH3 is 2. The molecule has 2 unspecified atom stereocenters. The number of ether oxygens (including phenoxy) is 2. The van der Waals surface area contributed by atoms with Crippen LogP contribution in [0.25, 0.3) is 0 Å². The molecular weight excluding hydrogens is 258 g/mol. The highest BCUT2D eigenvalue weighted by Gasteiger charge is 2.30. The fourth-order valence-corrected chi connectivity index (χ4v) is 2.45. The van der Waals surface area contributed by atoms with Crippen LogP contribution in [-0.4, -0.2) is 49.3 Å². The number of hydrogen-bond donors (Lipinski definition) is 1. The molecule has 5 nitrogen and oxygen atoms in total. The van der Waals surface area contributed by atoms with Gasteiger partial charge in [0.2, 0.25) is 0 Å². The van der Waals surface area contributed by atoms with Crippen LogP contribution < -0.4 is 9.47 Å². The van der Waals surface area contributed by atoms with Crippen molar-refractivity contribution in [1.82, 2.24) is 4.90 Å². The molecule has 0 spiro atoms. The Morgan fingerprint density at radius 1 is 1.30 bits per heavy atom. The van der Waals surface area contributed by atoms with Gasteiger partial charge in [-0.3, -0.25) is 4.79 Å². The van der Waals surface area contributed by atoms with Crippen LogP contribution in [0.5, 0.6) is 11.5 Å². The fourth-order valence-electron chi connectivity index (χ4n) is 2.45. The summed E-state index contributed by atoms with van der Waals surface area (Å²) in [6, 6.07) is 5.25. The Hall–Kier alpha value is -1.75. The lowest BCUT2D eigenvalue weighted by Gasteiger charge is -2.34. The molecule has 1 aromatic carbocycles. The molecular formula is C15H21NO4. The van der Waals surface area contributed by atoms with Gasteiger partial charge in [0.05, 0.1) is 20.3 Å². The first-order chi connectivity index (χ1) is 9.58. The van der Waals surface area contributed by atoms with E-state index in [-0.39, 0.29) is 11.8 Å². The summed E-state index contributed by atoms with van der Waals surface area (Å²) in [5.74, 6) is 1.04. The summed E-state index contributed by atoms with van der Waals surface area (Å²) in [4.78, 5) is 14.3. The van der Waals surface area contributed by atoms with Crippen molar-refractivity contribution in [2.45, 2.75) is 19.4 Å². The number of aliphatic hydroxyl groups is 1. The van der Waals surface area contributed by atoms with Crippen molar-refractivity contribution in [2.75, 3.05) is 27.3 Å². The van der Waals surface area contributed by atoms with E-state index in [1.807, 2.05) is 6.92 Å². The average molecular weight is 279 g/mol. The number of carbonyl (C=O) groups is 1. The van der Waals surface area contributed by atoms with E-state index in [4.69, 9.17) is 9.47 Å². The van der Waals surface area contributed by atoms with Crippen molar-refractivity contribution < 1.29 is 19.4 Å². The molecule has 0 aromatic heterocycles. The molecule has 0 saturated carbocycles. The van der Waals surface area contributed by atoms with E-state index in [9.17, 15) is 9.90 Å². The SMILES string of the molecule is COc1cccc(OC)c1C(=O)N1CCC(C)C(O)C1. The van der Waals surface area contributed by atoms with Gasteiger partial charge in [-0.15, -0.1) is 0 Å². The molecule has 5 heteroatoms. The van der Waals surface area contributed by atoms with Gasteiger partial charge in [0.25, 0.3) is 5.91 Å². The van der Waals surface area contributed by atoms with Gasteiger partial charge in [-0.2, -0.15) is 0 Å². The first-order valence-electron chi connectivity index (χ1n) is 6.76. The standard InChI is InChI=1S/C15H21NO4/c1-10-7-8-16(9-11(10)17)15(18)14-12(19-2)5-4-6-13(14)20-3/h4-6,10-11,17H,7-9H2,1-3H3. The Kier molecular flexibility index (Phi) is 4.49. The van der Waals surface area contributed by atoms with Crippen molar-refractivity contribution >= 4 is 5.91 Å². The average Bonchev–Trinajstić information content (AvgIpc) is 2.48. The van der Waals surface area contributed by atoms with Crippen molar-refractivity contribution in [3.8, 4) is 11.5 Å². The molecule has 0 radical (unpaired) electrons. The first-order valence-corrected chi connectivity index (χ1v) is 6.76. The molecule has 1 N–H and O–H groups in total. The Morgan fingerprint density at radius 2 is 1.90 bits per heavy atom. The van der Waals surface area contributed by atoms with Crippen LogP contribution in [0.15, 0.2) is 18.2 Å². The summed E-state index contributed by atoms with van der Waals surface area (Å²) in [6.07, 6.45) is 0.318. The number of hydrogen-bond acceptors (Lipinski definition) is 4. The van der Waals surface area contributed by atoms with E-state index in [2.05, 4.69) is 0 Å². The number of amides is 1. The smallest absolute Gasteiger partial charge is 0.261 e. The van der Waals surface area contributed by atoms with Gasteiger partial charge >= 0.3 is 0 Å². The Labute approximate surface area is 119 Å². The maximum Gasteiger partial charge on any atom is 0.261 e. The zero-order valence-electron chi connectivity index (χ0n) is 12.1. The molecule has 1 aromatic rings. The van der Waals surface area contributed by atoms with E-state index in [1.165, 1.54) is 14.2 Å². The Bertz CT molecular complexity index is 467. The highest BCUT2D eigenvalue weighted by atomic mass is 16.5. The molecule has 1 aliphatic rings. The lowest BCUT2D eigenvalue weighted by molar-refractivity contribution is 0.0245. The number of piperidine rings is 1. The normalized spacial score (nSPS) is 22.5. The van der Waals surface area contributed by atoms with Gasteiger partial charge in [0, 0.05) is 13.1 Å². The number of rotatable bonds is 3. The zero-order valence-corrected chi connectivity index (χ0v) is 12.1. The lowest BCUT2D eigenvalue weighted by Crippen LogP contribution is -2.46. The topological polar surface area (TPSA) is 59.0 Å². The number of carbonyl (C=O) groups excluding carboxylic acids is 1. The minimum atomic E-state index is -0.478. The van der Waals surface area contributed by atoms with Crippen LogP contribution in [-0.2, 0) is 0 Å². The first kappa shape index (κ1) is 14.7. The monoisotopic (exact) mass is 279 g/mol. The highest BCUT2D eigenvalue weighted by Crippen LogP contribution is 2.30. The summed E-state index contributed by atoms with van der Waals surface area (Å²) in [5, 5.41) is 9.94. The number of β-amino-alcohol motifs (C(OH)–C–C–N with tert-alkyl or cyclic N) is 1. The van der Waals surface area contributed by atoms with Crippen LogP contribution in [0.1, 0.15) is 23.7 Å². The summed E-state index contributed by atoms with van der Waals surface area (Å²) in [6.45, 7) is 2.98. The Morgan fingerprint density at radius 3 is 2.40 bits per heavy atom. The maximum absolute atomic E-state index is 12.7. The fraction of sp³-hybridized carbons (Fsp3) is 0.533. The van der Waals surface area contributed by atoms with Gasteiger partial charge < -0.3 is 19.5 Å². The lowest BCUT2D eigenvalue weighted by atomic mass is 9.95. The summed E-state index contributed by atoms with van der Waals surface area (Å²) in [7, 11) is 3.05. The van der Waals surface area contributed by atoms with Crippen LogP contribution >= 0.6 is 0 Å². The number of nitrogens with zero attached hydrogens (tertiary/aromatic N) is 1. The third-order valence-electron chi connectivity index (χ3n) is 3.85. The maximum atomic E-state index is 12.7. The van der Waals surface area contributed by atoms with Crippen LogP contribution in [0.2, 0.25) is 0 Å². The van der Waals surface area contributed by atoms with E-state index in [0.29, 0.717) is 30.2 Å². The van der Waals surface area contributed by atoms with Gasteiger partial charge in [0.1, 0.15) is 17.1 Å². The summed E-state index contributed by atoms with van der Waals surface area (Å²) >= 11 is 0. The minimum Gasteiger partial charge on any atom is -0.496 e. The quantitative estimate of drug-likeness (QED) is 0.912. The third kappa shape index (κ3) is 2.72. The van der Waals surface area contributed by atoms with E-state index in [0.717, 1.165) is 6.42 Å². The van der Waals surface area contributed by atoms with Gasteiger partial charge in [-0.1, -0.05) is 13.0 Å². The van der Waals surface area contributed by atoms with Gasteiger partial charge in [-0.05, 0) is 24.5 Å². The highest BCUT2D eigenvalue weighted by molar-refractivity contribution is 5.99. The minimum absolute atomic E-state index is 0.162. The molecule has 1 saturated heterocycles. The van der Waals surface area contributed by atoms with Crippen LogP contribution in [0.3, 0.4) is 0 Å². The van der Waals surface area contributed by atoms with Crippen molar-refractivity contribution in [1.29, 1.82) is 0 Å². The molecule has 1 heterocycles. The van der Waals surface area contributed by atoms with E-state index >= 15 is 0 Å². The number of benzene rings is 1. The zero-order chi connectivity index (χ0) is 14.7. The molecule has 2 atom stereocenters. The second-order valence-electron chi connectivity index (χ2n) is 5.12. The molecule has 1 fully saturated rings.